The van der Waals surface area contributed by atoms with Crippen molar-refractivity contribution >= 4 is 5.97 Å². The maximum atomic E-state index is 12.3. The van der Waals surface area contributed by atoms with E-state index < -0.39 is 5.97 Å². The Morgan fingerprint density at radius 3 is 2.16 bits per heavy atom. The number of carbonyl (C=O) groups excluding carboxylic acids is 1. The number of phenols is 1. The molecular weight excluding hydrogens is 396 g/mol. The van der Waals surface area contributed by atoms with Gasteiger partial charge in [0.15, 0.2) is 0 Å². The van der Waals surface area contributed by atoms with Crippen molar-refractivity contribution in [1.82, 2.24) is 0 Å². The standard InChI is InChI=1S/C29H40O3/c1-11-25(30)32-27-23(15-19(4)16-24(27)29(9,10)12-2)20(5)22-14-18(3)13-21(26(22)31)17-28(6,7)8/h11,13-16,20,31H,1,12,17H2,2-10H3. The van der Waals surface area contributed by atoms with E-state index in [9.17, 15) is 9.90 Å². The molecule has 0 aliphatic rings. The van der Waals surface area contributed by atoms with Crippen LogP contribution in [0.5, 0.6) is 11.5 Å². The Balaban J connectivity index is 2.77. The minimum atomic E-state index is -0.475. The third-order valence-corrected chi connectivity index (χ3v) is 6.26. The van der Waals surface area contributed by atoms with Crippen LogP contribution in [0.25, 0.3) is 0 Å². The van der Waals surface area contributed by atoms with Crippen molar-refractivity contribution in [3.05, 3.63) is 70.3 Å². The summed E-state index contributed by atoms with van der Waals surface area (Å²) in [6.45, 7) is 22.7. The van der Waals surface area contributed by atoms with E-state index in [4.69, 9.17) is 4.74 Å². The number of esters is 1. The molecule has 0 saturated heterocycles. The van der Waals surface area contributed by atoms with Crippen LogP contribution >= 0.6 is 0 Å². The maximum absolute atomic E-state index is 12.3. The molecule has 174 valence electrons. The lowest BCUT2D eigenvalue weighted by Gasteiger charge is -2.29. The molecular formula is C29H40O3. The molecule has 1 unspecified atom stereocenters. The number of rotatable bonds is 7. The van der Waals surface area contributed by atoms with Gasteiger partial charge < -0.3 is 9.84 Å². The first-order valence-electron chi connectivity index (χ1n) is 11.5. The Kier molecular flexibility index (Phi) is 7.65. The van der Waals surface area contributed by atoms with Gasteiger partial charge in [-0.15, -0.1) is 0 Å². The molecule has 3 heteroatoms. The van der Waals surface area contributed by atoms with Crippen molar-refractivity contribution < 1.29 is 14.6 Å². The highest BCUT2D eigenvalue weighted by atomic mass is 16.5. The smallest absolute Gasteiger partial charge is 0.335 e. The van der Waals surface area contributed by atoms with Gasteiger partial charge in [0.05, 0.1) is 0 Å². The summed E-state index contributed by atoms with van der Waals surface area (Å²) in [6.07, 6.45) is 2.87. The molecule has 0 fully saturated rings. The lowest BCUT2D eigenvalue weighted by atomic mass is 9.77. The first-order chi connectivity index (χ1) is 14.7. The first kappa shape index (κ1) is 25.7. The third-order valence-electron chi connectivity index (χ3n) is 6.26. The van der Waals surface area contributed by atoms with Gasteiger partial charge in [-0.2, -0.15) is 0 Å². The molecule has 0 aliphatic heterocycles. The van der Waals surface area contributed by atoms with Gasteiger partial charge in [0.25, 0.3) is 0 Å². The molecule has 3 nitrogen and oxygen atoms in total. The highest BCUT2D eigenvalue weighted by Gasteiger charge is 2.29. The van der Waals surface area contributed by atoms with Gasteiger partial charge in [-0.1, -0.05) is 90.4 Å². The van der Waals surface area contributed by atoms with E-state index in [0.717, 1.165) is 46.2 Å². The second kappa shape index (κ2) is 9.52. The summed E-state index contributed by atoms with van der Waals surface area (Å²) in [6, 6.07) is 8.28. The van der Waals surface area contributed by atoms with Crippen molar-refractivity contribution in [3.63, 3.8) is 0 Å². The van der Waals surface area contributed by atoms with Crippen LogP contribution in [0, 0.1) is 19.3 Å². The fraction of sp³-hybridized carbons (Fsp3) is 0.483. The second-order valence-corrected chi connectivity index (χ2v) is 10.9. The van der Waals surface area contributed by atoms with Crippen LogP contribution in [0.15, 0.2) is 36.9 Å². The zero-order valence-corrected chi connectivity index (χ0v) is 21.3. The number of ether oxygens (including phenoxy) is 1. The molecule has 1 N–H and O–H groups in total. The number of aryl methyl sites for hydroxylation is 2. The lowest BCUT2D eigenvalue weighted by Crippen LogP contribution is -2.20. The SMILES string of the molecule is C=CC(=O)Oc1c(C(C)c2cc(C)cc(CC(C)(C)C)c2O)cc(C)cc1C(C)(C)CC. The summed E-state index contributed by atoms with van der Waals surface area (Å²) in [5.41, 5.74) is 5.79. The van der Waals surface area contributed by atoms with E-state index >= 15 is 0 Å². The van der Waals surface area contributed by atoms with E-state index in [1.807, 2.05) is 6.07 Å². The van der Waals surface area contributed by atoms with E-state index in [1.54, 1.807) is 0 Å². The van der Waals surface area contributed by atoms with Crippen LogP contribution < -0.4 is 4.74 Å². The van der Waals surface area contributed by atoms with E-state index in [1.165, 1.54) is 6.08 Å². The molecule has 0 radical (unpaired) electrons. The lowest BCUT2D eigenvalue weighted by molar-refractivity contribution is -0.129. The summed E-state index contributed by atoms with van der Waals surface area (Å²) >= 11 is 0. The number of carbonyl (C=O) groups is 1. The molecule has 0 saturated carbocycles. The van der Waals surface area contributed by atoms with E-state index in [2.05, 4.69) is 87.1 Å². The van der Waals surface area contributed by atoms with Crippen molar-refractivity contribution in [2.75, 3.05) is 0 Å². The molecule has 2 aromatic carbocycles. The Morgan fingerprint density at radius 2 is 1.62 bits per heavy atom. The molecule has 0 aromatic heterocycles. The molecule has 0 bridgehead atoms. The van der Waals surface area contributed by atoms with Gasteiger partial charge in [-0.25, -0.2) is 4.79 Å². The average Bonchev–Trinajstić information content (AvgIpc) is 2.69. The quantitative estimate of drug-likeness (QED) is 0.277. The van der Waals surface area contributed by atoms with Crippen molar-refractivity contribution in [3.8, 4) is 11.5 Å². The Labute approximate surface area is 194 Å². The third kappa shape index (κ3) is 5.82. The van der Waals surface area contributed by atoms with Crippen LogP contribution in [0.3, 0.4) is 0 Å². The van der Waals surface area contributed by atoms with E-state index in [0.29, 0.717) is 11.5 Å². The van der Waals surface area contributed by atoms with Gasteiger partial charge in [0.2, 0.25) is 0 Å². The number of phenolic OH excluding ortho intramolecular Hbond substituents is 1. The van der Waals surface area contributed by atoms with Crippen LogP contribution in [0.1, 0.15) is 94.2 Å². The second-order valence-electron chi connectivity index (χ2n) is 10.9. The molecule has 2 aromatic rings. The monoisotopic (exact) mass is 436 g/mol. The normalized spacial score (nSPS) is 13.0. The Hall–Kier alpha value is -2.55. The summed E-state index contributed by atoms with van der Waals surface area (Å²) in [5.74, 6) is 0.278. The number of hydrogen-bond donors (Lipinski definition) is 1. The van der Waals surface area contributed by atoms with Crippen molar-refractivity contribution in [1.29, 1.82) is 0 Å². The predicted octanol–water partition coefficient (Wildman–Crippen LogP) is 7.53. The number of aromatic hydroxyl groups is 1. The van der Waals surface area contributed by atoms with Crippen molar-refractivity contribution in [2.24, 2.45) is 5.41 Å². The summed E-state index contributed by atoms with van der Waals surface area (Å²) < 4.78 is 5.85. The molecule has 0 amide bonds. The average molecular weight is 437 g/mol. The van der Waals surface area contributed by atoms with Gasteiger partial charge in [0.1, 0.15) is 11.5 Å². The zero-order chi connectivity index (χ0) is 24.4. The zero-order valence-electron chi connectivity index (χ0n) is 21.3. The van der Waals surface area contributed by atoms with Gasteiger partial charge in [0, 0.05) is 28.7 Å². The minimum Gasteiger partial charge on any atom is -0.507 e. The van der Waals surface area contributed by atoms with Crippen molar-refractivity contribution in [2.45, 2.75) is 86.5 Å². The maximum Gasteiger partial charge on any atom is 0.335 e. The first-order valence-corrected chi connectivity index (χ1v) is 11.5. The van der Waals surface area contributed by atoms with Crippen LogP contribution in [0.4, 0.5) is 0 Å². The molecule has 2 rings (SSSR count). The molecule has 0 aliphatic carbocycles. The fourth-order valence-corrected chi connectivity index (χ4v) is 4.16. The molecule has 32 heavy (non-hydrogen) atoms. The summed E-state index contributed by atoms with van der Waals surface area (Å²) in [7, 11) is 0. The topological polar surface area (TPSA) is 46.5 Å². The molecule has 0 spiro atoms. The minimum absolute atomic E-state index is 0.0537. The predicted molar refractivity (Wildman–Crippen MR) is 134 cm³/mol. The highest BCUT2D eigenvalue weighted by Crippen LogP contribution is 2.44. The summed E-state index contributed by atoms with van der Waals surface area (Å²) in [4.78, 5) is 12.3. The molecule has 1 atom stereocenters. The fourth-order valence-electron chi connectivity index (χ4n) is 4.16. The Bertz CT molecular complexity index is 1010. The van der Waals surface area contributed by atoms with Crippen LogP contribution in [-0.4, -0.2) is 11.1 Å². The van der Waals surface area contributed by atoms with Crippen LogP contribution in [0.2, 0.25) is 0 Å². The Morgan fingerprint density at radius 1 is 1.06 bits per heavy atom. The van der Waals surface area contributed by atoms with Gasteiger partial charge in [-0.05, 0) is 43.1 Å². The van der Waals surface area contributed by atoms with Gasteiger partial charge in [-0.3, -0.25) is 0 Å². The molecule has 0 heterocycles. The summed E-state index contributed by atoms with van der Waals surface area (Å²) in [5, 5.41) is 11.2. The highest BCUT2D eigenvalue weighted by molar-refractivity contribution is 5.84. The van der Waals surface area contributed by atoms with Gasteiger partial charge >= 0.3 is 5.97 Å². The van der Waals surface area contributed by atoms with Crippen LogP contribution in [-0.2, 0) is 16.6 Å². The number of benzene rings is 2. The van der Waals surface area contributed by atoms with E-state index in [-0.39, 0.29) is 16.7 Å². The number of hydrogen-bond acceptors (Lipinski definition) is 3. The largest absolute Gasteiger partial charge is 0.507 e.